The molecule has 1 fully saturated rings. The van der Waals surface area contributed by atoms with E-state index in [1.54, 1.807) is 13.8 Å². The van der Waals surface area contributed by atoms with Crippen molar-refractivity contribution in [3.63, 3.8) is 0 Å². The lowest BCUT2D eigenvalue weighted by Crippen LogP contribution is -2.39. The fourth-order valence-electron chi connectivity index (χ4n) is 4.01. The van der Waals surface area contributed by atoms with Gasteiger partial charge >= 0.3 is 0 Å². The molecule has 32 heavy (non-hydrogen) atoms. The zero-order valence-corrected chi connectivity index (χ0v) is 21.1. The van der Waals surface area contributed by atoms with E-state index in [4.69, 9.17) is 15.7 Å². The molecule has 1 atom stereocenters. The minimum absolute atomic E-state index is 0.231. The number of imidazole rings is 1. The minimum atomic E-state index is -0.912. The summed E-state index contributed by atoms with van der Waals surface area (Å²) in [5.41, 5.74) is 8.58. The SMILES string of the molecule is CC(Nc1nc(NCc2cc(I)ccc2N)c2ncn(C3CCCCC3)c2n1)C(C)(C)O. The Labute approximate surface area is 202 Å². The molecule has 2 aromatic heterocycles. The molecule has 0 radical (unpaired) electrons. The molecule has 2 heterocycles. The Balaban J connectivity index is 1.70. The monoisotopic (exact) mass is 549 g/mol. The first-order valence-electron chi connectivity index (χ1n) is 11.2. The second kappa shape index (κ2) is 9.38. The summed E-state index contributed by atoms with van der Waals surface area (Å²) < 4.78 is 3.32. The van der Waals surface area contributed by atoms with E-state index in [0.717, 1.165) is 38.8 Å². The van der Waals surface area contributed by atoms with Crippen molar-refractivity contribution < 1.29 is 5.11 Å². The topological polar surface area (TPSA) is 114 Å². The van der Waals surface area contributed by atoms with Crippen LogP contribution in [0.15, 0.2) is 24.5 Å². The van der Waals surface area contributed by atoms with Crippen molar-refractivity contribution in [3.8, 4) is 0 Å². The largest absolute Gasteiger partial charge is 0.398 e. The van der Waals surface area contributed by atoms with Crippen molar-refractivity contribution in [1.82, 2.24) is 19.5 Å². The lowest BCUT2D eigenvalue weighted by atomic mass is 9.95. The van der Waals surface area contributed by atoms with Gasteiger partial charge in [0.15, 0.2) is 17.0 Å². The number of aliphatic hydroxyl groups is 1. The van der Waals surface area contributed by atoms with E-state index in [9.17, 15) is 5.11 Å². The van der Waals surface area contributed by atoms with Gasteiger partial charge in [-0.3, -0.25) is 0 Å². The molecule has 1 unspecified atom stereocenters. The van der Waals surface area contributed by atoms with Crippen molar-refractivity contribution in [2.75, 3.05) is 16.4 Å². The Morgan fingerprint density at radius 2 is 2.00 bits per heavy atom. The normalized spacial score (nSPS) is 16.3. The highest BCUT2D eigenvalue weighted by Gasteiger charge is 2.25. The first-order chi connectivity index (χ1) is 15.2. The molecule has 8 nitrogen and oxygen atoms in total. The Morgan fingerprint density at radius 1 is 1.25 bits per heavy atom. The first-order valence-corrected chi connectivity index (χ1v) is 12.3. The Kier molecular flexibility index (Phi) is 6.75. The number of hydrogen-bond donors (Lipinski definition) is 4. The summed E-state index contributed by atoms with van der Waals surface area (Å²) in [6.45, 7) is 6.00. The summed E-state index contributed by atoms with van der Waals surface area (Å²) in [6.07, 6.45) is 7.92. The van der Waals surface area contributed by atoms with Gasteiger partial charge < -0.3 is 26.0 Å². The predicted molar refractivity (Wildman–Crippen MR) is 138 cm³/mol. The molecule has 0 aliphatic heterocycles. The number of halogens is 1. The molecule has 3 aromatic rings. The number of nitrogens with two attached hydrogens (primary N) is 1. The zero-order chi connectivity index (χ0) is 22.9. The Hall–Kier alpha value is -2.14. The molecule has 1 saturated carbocycles. The average molecular weight is 549 g/mol. The van der Waals surface area contributed by atoms with Crippen LogP contribution < -0.4 is 16.4 Å². The number of nitrogens with zero attached hydrogens (tertiary/aromatic N) is 4. The Bertz CT molecular complexity index is 1090. The van der Waals surface area contributed by atoms with E-state index >= 15 is 0 Å². The molecular formula is C23H32IN7O. The predicted octanol–water partition coefficient (Wildman–Crippen LogP) is 4.70. The van der Waals surface area contributed by atoms with E-state index in [1.165, 1.54) is 19.3 Å². The number of hydrogen-bond acceptors (Lipinski definition) is 7. The molecule has 1 aliphatic carbocycles. The summed E-state index contributed by atoms with van der Waals surface area (Å²) in [6, 6.07) is 6.16. The van der Waals surface area contributed by atoms with Crippen LogP contribution in [0.4, 0.5) is 17.5 Å². The summed E-state index contributed by atoms with van der Waals surface area (Å²) in [5.74, 6) is 1.14. The molecule has 5 N–H and O–H groups in total. The van der Waals surface area contributed by atoms with Crippen LogP contribution in [0.3, 0.4) is 0 Å². The molecule has 1 aromatic carbocycles. The van der Waals surface area contributed by atoms with Gasteiger partial charge in [-0.25, -0.2) is 4.98 Å². The van der Waals surface area contributed by atoms with Crippen LogP contribution in [0.2, 0.25) is 0 Å². The number of anilines is 3. The molecule has 0 amide bonds. The van der Waals surface area contributed by atoms with Crippen LogP contribution in [0, 0.1) is 3.57 Å². The van der Waals surface area contributed by atoms with E-state index in [-0.39, 0.29) is 6.04 Å². The fourth-order valence-corrected chi connectivity index (χ4v) is 4.56. The van der Waals surface area contributed by atoms with Crippen LogP contribution in [0.5, 0.6) is 0 Å². The second-order valence-electron chi connectivity index (χ2n) is 9.23. The summed E-state index contributed by atoms with van der Waals surface area (Å²) in [7, 11) is 0. The van der Waals surface area contributed by atoms with E-state index in [1.807, 2.05) is 25.4 Å². The molecule has 4 rings (SSSR count). The van der Waals surface area contributed by atoms with Gasteiger partial charge in [0.1, 0.15) is 0 Å². The fraction of sp³-hybridized carbons (Fsp3) is 0.522. The number of fused-ring (bicyclic) bond motifs is 1. The quantitative estimate of drug-likeness (QED) is 0.250. The highest BCUT2D eigenvalue weighted by atomic mass is 127. The molecule has 1 aliphatic rings. The van der Waals surface area contributed by atoms with Gasteiger partial charge in [-0.15, -0.1) is 0 Å². The van der Waals surface area contributed by atoms with Crippen molar-refractivity contribution in [2.24, 2.45) is 0 Å². The van der Waals surface area contributed by atoms with Gasteiger partial charge in [0.25, 0.3) is 0 Å². The van der Waals surface area contributed by atoms with Gasteiger partial charge in [0.05, 0.1) is 18.0 Å². The Morgan fingerprint density at radius 3 is 2.72 bits per heavy atom. The maximum Gasteiger partial charge on any atom is 0.227 e. The molecule has 9 heteroatoms. The highest BCUT2D eigenvalue weighted by molar-refractivity contribution is 14.1. The number of benzene rings is 1. The van der Waals surface area contributed by atoms with Crippen molar-refractivity contribution in [2.45, 2.75) is 77.1 Å². The van der Waals surface area contributed by atoms with Crippen molar-refractivity contribution >= 4 is 51.2 Å². The standard InChI is InChI=1S/C23H32IN7O/c1-14(23(2,3)32)28-22-29-20(26-12-15-11-16(24)9-10-18(15)25)19-21(30-22)31(13-27-19)17-7-5-4-6-8-17/h9-11,13-14,17,32H,4-8,12,25H2,1-3H3,(H2,26,28,29,30). The van der Waals surface area contributed by atoms with Crippen LogP contribution in [-0.4, -0.2) is 36.3 Å². The minimum Gasteiger partial charge on any atom is -0.398 e. The number of nitrogens with one attached hydrogen (secondary N) is 2. The van der Waals surface area contributed by atoms with Crippen LogP contribution in [0.25, 0.3) is 11.2 Å². The van der Waals surface area contributed by atoms with Crippen molar-refractivity contribution in [1.29, 1.82) is 0 Å². The van der Waals surface area contributed by atoms with Crippen LogP contribution in [0.1, 0.15) is 64.5 Å². The van der Waals surface area contributed by atoms with E-state index in [0.29, 0.717) is 24.4 Å². The molecule has 172 valence electrons. The summed E-state index contributed by atoms with van der Waals surface area (Å²) in [5, 5.41) is 17.1. The highest BCUT2D eigenvalue weighted by Crippen LogP contribution is 2.32. The van der Waals surface area contributed by atoms with Gasteiger partial charge in [-0.1, -0.05) is 19.3 Å². The lowest BCUT2D eigenvalue weighted by Gasteiger charge is -2.27. The third-order valence-corrected chi connectivity index (χ3v) is 7.02. The lowest BCUT2D eigenvalue weighted by molar-refractivity contribution is 0.0646. The third kappa shape index (κ3) is 5.09. The van der Waals surface area contributed by atoms with E-state index < -0.39 is 5.60 Å². The maximum atomic E-state index is 10.4. The first kappa shape index (κ1) is 23.0. The number of aromatic nitrogens is 4. The van der Waals surface area contributed by atoms with Crippen molar-refractivity contribution in [3.05, 3.63) is 33.7 Å². The second-order valence-corrected chi connectivity index (χ2v) is 10.5. The molecule has 0 saturated heterocycles. The van der Waals surface area contributed by atoms with Gasteiger partial charge in [0, 0.05) is 21.8 Å². The number of nitrogen functional groups attached to an aromatic ring is 1. The smallest absolute Gasteiger partial charge is 0.227 e. The maximum absolute atomic E-state index is 10.4. The molecule has 0 bridgehead atoms. The summed E-state index contributed by atoms with van der Waals surface area (Å²) >= 11 is 2.29. The zero-order valence-electron chi connectivity index (χ0n) is 18.9. The third-order valence-electron chi connectivity index (χ3n) is 6.35. The van der Waals surface area contributed by atoms with Gasteiger partial charge in [-0.05, 0) is 80.0 Å². The van der Waals surface area contributed by atoms with Crippen LogP contribution >= 0.6 is 22.6 Å². The average Bonchev–Trinajstić information content (AvgIpc) is 3.18. The number of rotatable bonds is 7. The van der Waals surface area contributed by atoms with E-state index in [2.05, 4.69) is 48.8 Å². The van der Waals surface area contributed by atoms with Gasteiger partial charge in [0.2, 0.25) is 5.95 Å². The molecule has 0 spiro atoms. The molecular weight excluding hydrogens is 517 g/mol. The summed E-state index contributed by atoms with van der Waals surface area (Å²) in [4.78, 5) is 14.2. The van der Waals surface area contributed by atoms with Gasteiger partial charge in [-0.2, -0.15) is 9.97 Å². The van der Waals surface area contributed by atoms with Crippen LogP contribution in [-0.2, 0) is 6.54 Å².